The Morgan fingerprint density at radius 1 is 1.00 bits per heavy atom. The van der Waals surface area contributed by atoms with E-state index in [1.165, 1.54) is 0 Å². The molecule has 0 fully saturated rings. The molecular formula is C14H11BrN4. The van der Waals surface area contributed by atoms with Crippen LogP contribution in [0.15, 0.2) is 53.3 Å². The zero-order valence-electron chi connectivity index (χ0n) is 9.97. The maximum Gasteiger partial charge on any atom is 0.141 e. The van der Waals surface area contributed by atoms with Crippen molar-refractivity contribution in [3.05, 3.63) is 53.3 Å². The molecule has 5 heteroatoms. The average Bonchev–Trinajstić information content (AvgIpc) is 2.42. The summed E-state index contributed by atoms with van der Waals surface area (Å²) in [7, 11) is 0. The number of rotatable bonds is 2. The molecule has 3 N–H and O–H groups in total. The third-order valence-electron chi connectivity index (χ3n) is 2.77. The van der Waals surface area contributed by atoms with Crippen LogP contribution in [0.2, 0.25) is 0 Å². The largest absolute Gasteiger partial charge is 0.399 e. The number of nitrogen functional groups attached to an aromatic ring is 1. The zero-order valence-corrected chi connectivity index (χ0v) is 11.6. The van der Waals surface area contributed by atoms with Crippen molar-refractivity contribution < 1.29 is 0 Å². The van der Waals surface area contributed by atoms with Gasteiger partial charge in [-0.2, -0.15) is 0 Å². The fraction of sp³-hybridized carbons (Fsp3) is 0. The van der Waals surface area contributed by atoms with Crippen LogP contribution in [0.3, 0.4) is 0 Å². The van der Waals surface area contributed by atoms with Crippen molar-refractivity contribution in [2.75, 3.05) is 11.1 Å². The molecule has 0 aliphatic carbocycles. The Morgan fingerprint density at radius 3 is 2.58 bits per heavy atom. The van der Waals surface area contributed by atoms with Crippen molar-refractivity contribution in [2.24, 2.45) is 0 Å². The summed E-state index contributed by atoms with van der Waals surface area (Å²) in [5.41, 5.74) is 8.34. The van der Waals surface area contributed by atoms with Gasteiger partial charge < -0.3 is 11.1 Å². The van der Waals surface area contributed by atoms with Gasteiger partial charge in [0.05, 0.1) is 5.52 Å². The van der Waals surface area contributed by atoms with E-state index in [0.717, 1.165) is 26.9 Å². The van der Waals surface area contributed by atoms with Crippen molar-refractivity contribution in [3.8, 4) is 0 Å². The van der Waals surface area contributed by atoms with Crippen molar-refractivity contribution in [3.63, 3.8) is 0 Å². The predicted octanol–water partition coefficient (Wildman–Crippen LogP) is 3.72. The van der Waals surface area contributed by atoms with E-state index in [2.05, 4.69) is 31.2 Å². The number of benzene rings is 2. The minimum atomic E-state index is 0.696. The molecule has 0 saturated heterocycles. The standard InChI is InChI=1S/C14H11BrN4/c15-9-1-4-11(5-2-9)19-14-12-7-10(16)3-6-13(12)17-8-18-14/h1-8H,16H2,(H,17,18,19). The van der Waals surface area contributed by atoms with Gasteiger partial charge in [0.25, 0.3) is 0 Å². The first-order valence-corrected chi connectivity index (χ1v) is 6.54. The third-order valence-corrected chi connectivity index (χ3v) is 3.30. The molecule has 19 heavy (non-hydrogen) atoms. The smallest absolute Gasteiger partial charge is 0.141 e. The molecule has 0 spiro atoms. The highest BCUT2D eigenvalue weighted by Crippen LogP contribution is 2.25. The fourth-order valence-electron chi connectivity index (χ4n) is 1.84. The Balaban J connectivity index is 2.05. The lowest BCUT2D eigenvalue weighted by atomic mass is 10.2. The third kappa shape index (κ3) is 2.51. The number of nitrogens with one attached hydrogen (secondary N) is 1. The second-order valence-corrected chi connectivity index (χ2v) is 5.05. The van der Waals surface area contributed by atoms with Crippen LogP contribution in [0.4, 0.5) is 17.2 Å². The minimum absolute atomic E-state index is 0.696. The number of nitrogens with zero attached hydrogens (tertiary/aromatic N) is 2. The summed E-state index contributed by atoms with van der Waals surface area (Å²) in [6.45, 7) is 0. The van der Waals surface area contributed by atoms with E-state index in [9.17, 15) is 0 Å². The van der Waals surface area contributed by atoms with Crippen LogP contribution in [0.5, 0.6) is 0 Å². The van der Waals surface area contributed by atoms with Gasteiger partial charge in [0.2, 0.25) is 0 Å². The molecule has 0 amide bonds. The molecule has 0 saturated carbocycles. The van der Waals surface area contributed by atoms with Crippen LogP contribution in [-0.4, -0.2) is 9.97 Å². The Bertz CT molecular complexity index is 725. The lowest BCUT2D eigenvalue weighted by Crippen LogP contribution is -1.96. The van der Waals surface area contributed by atoms with E-state index in [1.807, 2.05) is 42.5 Å². The first kappa shape index (κ1) is 11.9. The summed E-state index contributed by atoms with van der Waals surface area (Å²) < 4.78 is 1.04. The second kappa shape index (κ2) is 4.85. The molecule has 0 aliphatic rings. The van der Waals surface area contributed by atoms with E-state index in [-0.39, 0.29) is 0 Å². The summed E-state index contributed by atoms with van der Waals surface area (Å²) >= 11 is 3.41. The molecule has 94 valence electrons. The van der Waals surface area contributed by atoms with Crippen LogP contribution < -0.4 is 11.1 Å². The lowest BCUT2D eigenvalue weighted by molar-refractivity contribution is 1.22. The van der Waals surface area contributed by atoms with Gasteiger partial charge >= 0.3 is 0 Å². The SMILES string of the molecule is Nc1ccc2ncnc(Nc3ccc(Br)cc3)c2c1. The number of hydrogen-bond donors (Lipinski definition) is 2. The Labute approximate surface area is 118 Å². The van der Waals surface area contributed by atoms with Gasteiger partial charge in [0.15, 0.2) is 0 Å². The van der Waals surface area contributed by atoms with Gasteiger partial charge in [-0.3, -0.25) is 0 Å². The zero-order chi connectivity index (χ0) is 13.2. The number of aromatic nitrogens is 2. The van der Waals surface area contributed by atoms with Crippen LogP contribution in [0.25, 0.3) is 10.9 Å². The Morgan fingerprint density at radius 2 is 1.79 bits per heavy atom. The van der Waals surface area contributed by atoms with Crippen LogP contribution in [0, 0.1) is 0 Å². The van der Waals surface area contributed by atoms with Crippen LogP contribution >= 0.6 is 15.9 Å². The van der Waals surface area contributed by atoms with E-state index in [0.29, 0.717) is 5.69 Å². The minimum Gasteiger partial charge on any atom is -0.399 e. The van der Waals surface area contributed by atoms with Gasteiger partial charge in [-0.05, 0) is 42.5 Å². The molecule has 0 unspecified atom stereocenters. The quantitative estimate of drug-likeness (QED) is 0.708. The normalized spacial score (nSPS) is 10.6. The van der Waals surface area contributed by atoms with E-state index < -0.39 is 0 Å². The van der Waals surface area contributed by atoms with Gasteiger partial charge in [0, 0.05) is 21.2 Å². The van der Waals surface area contributed by atoms with Crippen LogP contribution in [-0.2, 0) is 0 Å². The van der Waals surface area contributed by atoms with Crippen LogP contribution in [0.1, 0.15) is 0 Å². The molecule has 3 aromatic rings. The Hall–Kier alpha value is -2.14. The Kier molecular flexibility index (Phi) is 3.05. The molecule has 1 heterocycles. The highest BCUT2D eigenvalue weighted by Gasteiger charge is 2.04. The predicted molar refractivity (Wildman–Crippen MR) is 81.4 cm³/mol. The highest BCUT2D eigenvalue weighted by molar-refractivity contribution is 9.10. The van der Waals surface area contributed by atoms with E-state index in [1.54, 1.807) is 6.33 Å². The van der Waals surface area contributed by atoms with Gasteiger partial charge in [-0.1, -0.05) is 15.9 Å². The summed E-state index contributed by atoms with van der Waals surface area (Å²) in [5.74, 6) is 0.750. The molecule has 0 aliphatic heterocycles. The number of anilines is 3. The molecule has 0 atom stereocenters. The van der Waals surface area contributed by atoms with E-state index in [4.69, 9.17) is 5.73 Å². The monoisotopic (exact) mass is 314 g/mol. The summed E-state index contributed by atoms with van der Waals surface area (Å²) in [6, 6.07) is 13.5. The van der Waals surface area contributed by atoms with Crippen molar-refractivity contribution >= 4 is 44.0 Å². The molecular weight excluding hydrogens is 304 g/mol. The summed E-state index contributed by atoms with van der Waals surface area (Å²) in [6.07, 6.45) is 1.54. The molecule has 1 aromatic heterocycles. The number of hydrogen-bond acceptors (Lipinski definition) is 4. The lowest BCUT2D eigenvalue weighted by Gasteiger charge is -2.08. The molecule has 3 rings (SSSR count). The van der Waals surface area contributed by atoms with Gasteiger partial charge in [-0.15, -0.1) is 0 Å². The van der Waals surface area contributed by atoms with Crippen molar-refractivity contribution in [2.45, 2.75) is 0 Å². The van der Waals surface area contributed by atoms with E-state index >= 15 is 0 Å². The van der Waals surface area contributed by atoms with Gasteiger partial charge in [0.1, 0.15) is 12.1 Å². The van der Waals surface area contributed by atoms with Crippen molar-refractivity contribution in [1.82, 2.24) is 9.97 Å². The highest BCUT2D eigenvalue weighted by atomic mass is 79.9. The number of fused-ring (bicyclic) bond motifs is 1. The summed E-state index contributed by atoms with van der Waals surface area (Å²) in [4.78, 5) is 8.50. The number of nitrogens with two attached hydrogens (primary N) is 1. The van der Waals surface area contributed by atoms with Gasteiger partial charge in [-0.25, -0.2) is 9.97 Å². The topological polar surface area (TPSA) is 63.8 Å². The second-order valence-electron chi connectivity index (χ2n) is 4.13. The van der Waals surface area contributed by atoms with Crippen molar-refractivity contribution in [1.29, 1.82) is 0 Å². The average molecular weight is 315 g/mol. The number of halogens is 1. The molecule has 0 radical (unpaired) electrons. The molecule has 0 bridgehead atoms. The maximum absolute atomic E-state index is 5.82. The first-order valence-electron chi connectivity index (χ1n) is 5.75. The molecule has 2 aromatic carbocycles. The first-order chi connectivity index (χ1) is 9.22. The fourth-order valence-corrected chi connectivity index (χ4v) is 2.11. The maximum atomic E-state index is 5.82. The summed E-state index contributed by atoms with van der Waals surface area (Å²) in [5, 5.41) is 4.18. The molecule has 4 nitrogen and oxygen atoms in total.